The van der Waals surface area contributed by atoms with Crippen LogP contribution in [-0.2, 0) is 25.4 Å². The Morgan fingerprint density at radius 3 is 2.55 bits per heavy atom. The van der Waals surface area contributed by atoms with Crippen LogP contribution in [0, 0.1) is 0 Å². The number of hydrogen-bond donors (Lipinski definition) is 3. The number of carbonyl (C=O) groups excluding carboxylic acids is 1. The van der Waals surface area contributed by atoms with E-state index in [0.29, 0.717) is 59.3 Å². The average Bonchev–Trinajstić information content (AvgIpc) is 3.02. The molecule has 11 nitrogen and oxygen atoms in total. The molecule has 1 saturated heterocycles. The lowest BCUT2D eigenvalue weighted by molar-refractivity contribution is -0.0281. The average molecular weight is 641 g/mol. The van der Waals surface area contributed by atoms with Gasteiger partial charge in [-0.15, -0.1) is 0 Å². The van der Waals surface area contributed by atoms with Gasteiger partial charge in [-0.05, 0) is 12.5 Å². The predicted molar refractivity (Wildman–Crippen MR) is 169 cm³/mol. The Labute approximate surface area is 263 Å². The van der Waals surface area contributed by atoms with Crippen LogP contribution in [0.4, 0.5) is 5.69 Å². The Bertz CT molecular complexity index is 1840. The molecule has 1 aliphatic heterocycles. The van der Waals surface area contributed by atoms with Crippen LogP contribution in [0.15, 0.2) is 64.4 Å². The van der Waals surface area contributed by atoms with Crippen molar-refractivity contribution in [3.8, 4) is 28.1 Å². The fourth-order valence-corrected chi connectivity index (χ4v) is 5.66. The molecule has 0 saturated carbocycles. The molecular weight excluding hydrogens is 609 g/mol. The normalized spacial score (nSPS) is 16.5. The quantitative estimate of drug-likeness (QED) is 0.266. The van der Waals surface area contributed by atoms with Gasteiger partial charge < -0.3 is 29.8 Å². The summed E-state index contributed by atoms with van der Waals surface area (Å²) in [6, 6.07) is 12.2. The molecule has 13 heteroatoms. The van der Waals surface area contributed by atoms with Crippen molar-refractivity contribution in [3.63, 3.8) is 0 Å². The standard InChI is InChI=1S/C31H31Cl2N5O6/c1-37-15-21(30(41)38(2)31(37)42)29(40)36-23-9-5-7-19(28(23)33)18-6-4-8-20(27(18)32)24-12-26(43-3)17(14-35-24)13-34-22-10-11-44-16-25(22)39/h4-9,12,14-15,22,25,34,39H,10-11,13,16H2,1-3H3,(H,36,40)/t22-,25+/m1/s1. The van der Waals surface area contributed by atoms with Crippen LogP contribution < -0.4 is 26.6 Å². The van der Waals surface area contributed by atoms with E-state index in [2.05, 4.69) is 15.6 Å². The van der Waals surface area contributed by atoms with Crippen molar-refractivity contribution in [2.24, 2.45) is 14.1 Å². The zero-order chi connectivity index (χ0) is 31.5. The summed E-state index contributed by atoms with van der Waals surface area (Å²) in [5, 5.41) is 16.8. The highest BCUT2D eigenvalue weighted by Crippen LogP contribution is 2.41. The van der Waals surface area contributed by atoms with Gasteiger partial charge in [0.05, 0.1) is 41.2 Å². The second-order valence-electron chi connectivity index (χ2n) is 10.4. The van der Waals surface area contributed by atoms with Crippen LogP contribution in [0.1, 0.15) is 22.3 Å². The number of amides is 1. The highest BCUT2D eigenvalue weighted by atomic mass is 35.5. The maximum absolute atomic E-state index is 13.0. The van der Waals surface area contributed by atoms with Gasteiger partial charge in [0.25, 0.3) is 11.5 Å². The second-order valence-corrected chi connectivity index (χ2v) is 11.1. The number of hydrogen-bond acceptors (Lipinski definition) is 8. The van der Waals surface area contributed by atoms with Gasteiger partial charge in [0, 0.05) is 74.0 Å². The first kappa shape index (κ1) is 31.4. The third-order valence-corrected chi connectivity index (χ3v) is 8.36. The van der Waals surface area contributed by atoms with Gasteiger partial charge >= 0.3 is 5.69 Å². The molecule has 2 aromatic heterocycles. The minimum atomic E-state index is -0.723. The van der Waals surface area contributed by atoms with Gasteiger partial charge in [0.1, 0.15) is 11.3 Å². The summed E-state index contributed by atoms with van der Waals surface area (Å²) < 4.78 is 13.0. The van der Waals surface area contributed by atoms with E-state index < -0.39 is 23.3 Å². The number of nitrogens with one attached hydrogen (secondary N) is 2. The first-order chi connectivity index (χ1) is 21.1. The molecular formula is C31H31Cl2N5O6. The van der Waals surface area contributed by atoms with Gasteiger partial charge in [-0.3, -0.25) is 19.1 Å². The first-order valence-electron chi connectivity index (χ1n) is 13.8. The van der Waals surface area contributed by atoms with Gasteiger partial charge in [-0.1, -0.05) is 53.5 Å². The van der Waals surface area contributed by atoms with Crippen LogP contribution in [0.25, 0.3) is 22.4 Å². The molecule has 230 valence electrons. The summed E-state index contributed by atoms with van der Waals surface area (Å²) in [6.07, 6.45) is 3.02. The highest BCUT2D eigenvalue weighted by molar-refractivity contribution is 6.39. The number of halogens is 2. The molecule has 4 aromatic rings. The number of nitrogens with zero attached hydrogens (tertiary/aromatic N) is 3. The van der Waals surface area contributed by atoms with Crippen molar-refractivity contribution in [3.05, 3.63) is 96.9 Å². The van der Waals surface area contributed by atoms with E-state index in [1.807, 2.05) is 12.1 Å². The Morgan fingerprint density at radius 2 is 1.82 bits per heavy atom. The van der Waals surface area contributed by atoms with Crippen molar-refractivity contribution < 1.29 is 19.4 Å². The number of rotatable bonds is 8. The number of aromatic nitrogens is 3. The zero-order valence-electron chi connectivity index (χ0n) is 24.3. The van der Waals surface area contributed by atoms with Gasteiger partial charge in [0.15, 0.2) is 0 Å². The van der Waals surface area contributed by atoms with Gasteiger partial charge in [-0.2, -0.15) is 0 Å². The van der Waals surface area contributed by atoms with Crippen molar-refractivity contribution in [1.29, 1.82) is 0 Å². The van der Waals surface area contributed by atoms with Crippen molar-refractivity contribution in [2.75, 3.05) is 25.6 Å². The number of aliphatic hydroxyl groups is 1. The molecule has 2 aromatic carbocycles. The number of methoxy groups -OCH3 is 1. The predicted octanol–water partition coefficient (Wildman–Crippen LogP) is 3.62. The number of pyridine rings is 1. The van der Waals surface area contributed by atoms with Gasteiger partial charge in [0.2, 0.25) is 0 Å². The molecule has 0 aliphatic carbocycles. The largest absolute Gasteiger partial charge is 0.496 e. The van der Waals surface area contributed by atoms with Crippen LogP contribution >= 0.6 is 23.2 Å². The second kappa shape index (κ2) is 13.3. The monoisotopic (exact) mass is 639 g/mol. The number of aliphatic hydroxyl groups excluding tert-OH is 1. The van der Waals surface area contributed by atoms with E-state index in [0.717, 1.165) is 14.7 Å². The molecule has 3 heterocycles. The topological polar surface area (TPSA) is 137 Å². The smallest absolute Gasteiger partial charge is 0.330 e. The molecule has 2 atom stereocenters. The number of benzene rings is 2. The Morgan fingerprint density at radius 1 is 1.11 bits per heavy atom. The molecule has 3 N–H and O–H groups in total. The highest BCUT2D eigenvalue weighted by Gasteiger charge is 2.24. The molecule has 5 rings (SSSR count). The number of carbonyl (C=O) groups is 1. The van der Waals surface area contributed by atoms with E-state index in [9.17, 15) is 19.5 Å². The molecule has 0 unspecified atom stereocenters. The zero-order valence-corrected chi connectivity index (χ0v) is 25.8. The molecule has 0 radical (unpaired) electrons. The third kappa shape index (κ3) is 6.28. The summed E-state index contributed by atoms with van der Waals surface area (Å²) in [5.41, 5.74) is 1.97. The fraction of sp³-hybridized carbons (Fsp3) is 0.290. The minimum absolute atomic E-state index is 0.0867. The van der Waals surface area contributed by atoms with Crippen molar-refractivity contribution in [2.45, 2.75) is 25.1 Å². The number of aryl methyl sites for hydroxylation is 1. The fourth-order valence-electron chi connectivity index (χ4n) is 5.07. The van der Waals surface area contributed by atoms with Crippen LogP contribution in [0.3, 0.4) is 0 Å². The van der Waals surface area contributed by atoms with E-state index in [1.165, 1.54) is 20.3 Å². The van der Waals surface area contributed by atoms with E-state index in [1.54, 1.807) is 43.6 Å². The minimum Gasteiger partial charge on any atom is -0.496 e. The summed E-state index contributed by atoms with van der Waals surface area (Å²) in [4.78, 5) is 42.3. The summed E-state index contributed by atoms with van der Waals surface area (Å²) >= 11 is 13.7. The summed E-state index contributed by atoms with van der Waals surface area (Å²) in [7, 11) is 4.33. The van der Waals surface area contributed by atoms with Crippen LogP contribution in [0.2, 0.25) is 10.0 Å². The lowest BCUT2D eigenvalue weighted by Crippen LogP contribution is -2.46. The third-order valence-electron chi connectivity index (χ3n) is 7.55. The van der Waals surface area contributed by atoms with Crippen LogP contribution in [-0.4, -0.2) is 57.6 Å². The summed E-state index contributed by atoms with van der Waals surface area (Å²) in [5.74, 6) is -0.102. The molecule has 0 bridgehead atoms. The van der Waals surface area contributed by atoms with Crippen LogP contribution in [0.5, 0.6) is 5.75 Å². The SMILES string of the molecule is COc1cc(-c2cccc(-c3cccc(NC(=O)c4cn(C)c(=O)n(C)c4=O)c3Cl)c2Cl)ncc1CN[C@@H]1CCOC[C@@H]1O. The molecule has 0 spiro atoms. The molecule has 1 fully saturated rings. The summed E-state index contributed by atoms with van der Waals surface area (Å²) in [6.45, 7) is 1.34. The molecule has 1 amide bonds. The maximum atomic E-state index is 13.0. The molecule has 1 aliphatic rings. The number of ether oxygens (including phenoxy) is 2. The maximum Gasteiger partial charge on any atom is 0.330 e. The van der Waals surface area contributed by atoms with Gasteiger partial charge in [-0.25, -0.2) is 4.79 Å². The van der Waals surface area contributed by atoms with E-state index >= 15 is 0 Å². The Balaban J connectivity index is 1.42. The number of anilines is 1. The Kier molecular flexibility index (Phi) is 9.52. The van der Waals surface area contributed by atoms with E-state index in [4.69, 9.17) is 32.7 Å². The lowest BCUT2D eigenvalue weighted by atomic mass is 10.00. The lowest BCUT2D eigenvalue weighted by Gasteiger charge is -2.28. The first-order valence-corrected chi connectivity index (χ1v) is 14.5. The van der Waals surface area contributed by atoms with Crippen molar-refractivity contribution in [1.82, 2.24) is 19.4 Å². The Hall–Kier alpha value is -4.00. The van der Waals surface area contributed by atoms with Crippen molar-refractivity contribution >= 4 is 34.8 Å². The van der Waals surface area contributed by atoms with E-state index in [-0.39, 0.29) is 22.3 Å². The molecule has 44 heavy (non-hydrogen) atoms.